The van der Waals surface area contributed by atoms with Gasteiger partial charge in [0.25, 0.3) is 5.56 Å². The Bertz CT molecular complexity index is 1140. The van der Waals surface area contributed by atoms with Crippen LogP contribution in [0.4, 0.5) is 0 Å². The van der Waals surface area contributed by atoms with E-state index in [2.05, 4.69) is 35.0 Å². The first-order valence-electron chi connectivity index (χ1n) is 8.63. The van der Waals surface area contributed by atoms with Crippen LogP contribution >= 0.6 is 27.7 Å². The number of thioether (sulfide) groups is 1. The third-order valence-corrected chi connectivity index (χ3v) is 5.97. The zero-order chi connectivity index (χ0) is 18.8. The van der Waals surface area contributed by atoms with Crippen LogP contribution in [0.1, 0.15) is 17.7 Å². The summed E-state index contributed by atoms with van der Waals surface area (Å²) >= 11 is 5.05. The summed E-state index contributed by atoms with van der Waals surface area (Å²) in [6, 6.07) is 25.6. The average Bonchev–Trinajstić information content (AvgIpc) is 2.70. The molecule has 0 N–H and O–H groups in total. The standard InChI is InChI=1S/C22H17BrN2OS/c1-15(16-8-4-2-5-9-16)27-22-24-20-13-12-17(23)14-19(20)21(26)25(22)18-10-6-3-7-11-18/h2-15H,1H3. The van der Waals surface area contributed by atoms with Crippen LogP contribution in [0.15, 0.2) is 93.3 Å². The maximum atomic E-state index is 13.3. The zero-order valence-corrected chi connectivity index (χ0v) is 17.1. The number of nitrogens with zero attached hydrogens (tertiary/aromatic N) is 2. The molecular formula is C22H17BrN2OS. The van der Waals surface area contributed by atoms with Crippen molar-refractivity contribution in [3.05, 3.63) is 99.3 Å². The van der Waals surface area contributed by atoms with E-state index in [9.17, 15) is 4.79 Å². The maximum absolute atomic E-state index is 13.3. The fourth-order valence-electron chi connectivity index (χ4n) is 2.97. The molecule has 0 saturated heterocycles. The monoisotopic (exact) mass is 436 g/mol. The van der Waals surface area contributed by atoms with Crippen LogP contribution in [-0.2, 0) is 0 Å². The minimum Gasteiger partial charge on any atom is -0.268 e. The van der Waals surface area contributed by atoms with Gasteiger partial charge in [0.05, 0.1) is 16.6 Å². The smallest absolute Gasteiger partial charge is 0.266 e. The Kier molecular flexibility index (Phi) is 5.14. The highest BCUT2D eigenvalue weighted by atomic mass is 79.9. The van der Waals surface area contributed by atoms with Gasteiger partial charge in [-0.2, -0.15) is 0 Å². The van der Waals surface area contributed by atoms with Gasteiger partial charge in [0.1, 0.15) is 0 Å². The summed E-state index contributed by atoms with van der Waals surface area (Å²) in [6.07, 6.45) is 0. The largest absolute Gasteiger partial charge is 0.268 e. The first-order chi connectivity index (χ1) is 13.1. The SMILES string of the molecule is CC(Sc1nc2ccc(Br)cc2c(=O)n1-c1ccccc1)c1ccccc1. The molecule has 134 valence electrons. The molecule has 0 aliphatic heterocycles. The second-order valence-corrected chi connectivity index (χ2v) is 8.43. The van der Waals surface area contributed by atoms with Crippen molar-refractivity contribution in [2.45, 2.75) is 17.3 Å². The molecule has 3 aromatic carbocycles. The number of hydrogen-bond donors (Lipinski definition) is 0. The molecular weight excluding hydrogens is 420 g/mol. The van der Waals surface area contributed by atoms with Crippen LogP contribution in [-0.4, -0.2) is 9.55 Å². The molecule has 1 heterocycles. The third-order valence-electron chi connectivity index (χ3n) is 4.37. The van der Waals surface area contributed by atoms with Crippen molar-refractivity contribution in [3.63, 3.8) is 0 Å². The van der Waals surface area contributed by atoms with Gasteiger partial charge >= 0.3 is 0 Å². The topological polar surface area (TPSA) is 34.9 Å². The lowest BCUT2D eigenvalue weighted by atomic mass is 10.2. The second-order valence-electron chi connectivity index (χ2n) is 6.20. The zero-order valence-electron chi connectivity index (χ0n) is 14.7. The van der Waals surface area contributed by atoms with Crippen LogP contribution in [0.3, 0.4) is 0 Å². The van der Waals surface area contributed by atoms with E-state index in [1.54, 1.807) is 16.3 Å². The van der Waals surface area contributed by atoms with Crippen molar-refractivity contribution in [2.75, 3.05) is 0 Å². The van der Waals surface area contributed by atoms with Gasteiger partial charge in [-0.15, -0.1) is 0 Å². The fraction of sp³-hybridized carbons (Fsp3) is 0.0909. The van der Waals surface area contributed by atoms with Gasteiger partial charge in [0.2, 0.25) is 0 Å². The molecule has 1 aromatic heterocycles. The lowest BCUT2D eigenvalue weighted by molar-refractivity contribution is 0.815. The number of fused-ring (bicyclic) bond motifs is 1. The molecule has 1 atom stereocenters. The van der Waals surface area contributed by atoms with Crippen molar-refractivity contribution < 1.29 is 0 Å². The van der Waals surface area contributed by atoms with Crippen LogP contribution in [0.2, 0.25) is 0 Å². The number of rotatable bonds is 4. The van der Waals surface area contributed by atoms with Crippen molar-refractivity contribution in [1.29, 1.82) is 0 Å². The van der Waals surface area contributed by atoms with Crippen molar-refractivity contribution in [3.8, 4) is 5.69 Å². The molecule has 0 aliphatic rings. The Labute approximate surface area is 170 Å². The van der Waals surface area contributed by atoms with Crippen molar-refractivity contribution in [2.24, 2.45) is 0 Å². The number of halogens is 1. The Morgan fingerprint density at radius 3 is 2.33 bits per heavy atom. The van der Waals surface area contributed by atoms with Gasteiger partial charge in [-0.05, 0) is 42.8 Å². The van der Waals surface area contributed by atoms with Crippen LogP contribution in [0.25, 0.3) is 16.6 Å². The number of benzene rings is 3. The van der Waals surface area contributed by atoms with E-state index in [0.717, 1.165) is 10.2 Å². The van der Waals surface area contributed by atoms with E-state index in [1.165, 1.54) is 5.56 Å². The summed E-state index contributed by atoms with van der Waals surface area (Å²) in [7, 11) is 0. The molecule has 27 heavy (non-hydrogen) atoms. The lowest BCUT2D eigenvalue weighted by Crippen LogP contribution is -2.22. The maximum Gasteiger partial charge on any atom is 0.266 e. The van der Waals surface area contributed by atoms with Gasteiger partial charge in [-0.1, -0.05) is 76.2 Å². The van der Waals surface area contributed by atoms with Crippen LogP contribution in [0.5, 0.6) is 0 Å². The molecule has 0 bridgehead atoms. The molecule has 4 aromatic rings. The highest BCUT2D eigenvalue weighted by molar-refractivity contribution is 9.10. The summed E-state index contributed by atoms with van der Waals surface area (Å²) in [6.45, 7) is 2.13. The van der Waals surface area contributed by atoms with E-state index >= 15 is 0 Å². The summed E-state index contributed by atoms with van der Waals surface area (Å²) in [5, 5.41) is 1.46. The molecule has 0 amide bonds. The van der Waals surface area contributed by atoms with Crippen LogP contribution < -0.4 is 5.56 Å². The highest BCUT2D eigenvalue weighted by Crippen LogP contribution is 2.34. The average molecular weight is 437 g/mol. The molecule has 4 rings (SSSR count). The van der Waals surface area contributed by atoms with Gasteiger partial charge in [0, 0.05) is 9.72 Å². The molecule has 3 nitrogen and oxygen atoms in total. The molecule has 0 fully saturated rings. The normalized spacial score (nSPS) is 12.2. The van der Waals surface area contributed by atoms with E-state index in [1.807, 2.05) is 66.7 Å². The van der Waals surface area contributed by atoms with E-state index < -0.39 is 0 Å². The number of aromatic nitrogens is 2. The fourth-order valence-corrected chi connectivity index (χ4v) is 4.39. The van der Waals surface area contributed by atoms with Gasteiger partial charge < -0.3 is 0 Å². The third kappa shape index (κ3) is 3.70. The predicted octanol–water partition coefficient (Wildman–Crippen LogP) is 6.00. The first kappa shape index (κ1) is 18.0. The van der Waals surface area contributed by atoms with E-state index in [0.29, 0.717) is 16.1 Å². The minimum atomic E-state index is -0.0599. The van der Waals surface area contributed by atoms with Gasteiger partial charge in [-0.25, -0.2) is 4.98 Å². The van der Waals surface area contributed by atoms with Gasteiger partial charge in [-0.3, -0.25) is 9.36 Å². The van der Waals surface area contributed by atoms with Crippen molar-refractivity contribution >= 4 is 38.6 Å². The summed E-state index contributed by atoms with van der Waals surface area (Å²) in [5.74, 6) is 0. The Morgan fingerprint density at radius 1 is 0.963 bits per heavy atom. The van der Waals surface area contributed by atoms with Crippen molar-refractivity contribution in [1.82, 2.24) is 9.55 Å². The number of hydrogen-bond acceptors (Lipinski definition) is 3. The summed E-state index contributed by atoms with van der Waals surface area (Å²) in [4.78, 5) is 18.1. The molecule has 0 radical (unpaired) electrons. The lowest BCUT2D eigenvalue weighted by Gasteiger charge is -2.17. The Morgan fingerprint density at radius 2 is 1.63 bits per heavy atom. The van der Waals surface area contributed by atoms with Gasteiger partial charge in [0.15, 0.2) is 5.16 Å². The number of para-hydroxylation sites is 1. The Balaban J connectivity index is 1.90. The molecule has 1 unspecified atom stereocenters. The Hall–Kier alpha value is -2.37. The summed E-state index contributed by atoms with van der Waals surface area (Å²) in [5.41, 5.74) is 2.67. The first-order valence-corrected chi connectivity index (χ1v) is 10.3. The second kappa shape index (κ2) is 7.71. The summed E-state index contributed by atoms with van der Waals surface area (Å²) < 4.78 is 2.57. The quantitative estimate of drug-likeness (QED) is 0.290. The highest BCUT2D eigenvalue weighted by Gasteiger charge is 2.17. The molecule has 0 spiro atoms. The molecule has 0 saturated carbocycles. The predicted molar refractivity (Wildman–Crippen MR) is 116 cm³/mol. The van der Waals surface area contributed by atoms with Crippen LogP contribution in [0, 0.1) is 0 Å². The van der Waals surface area contributed by atoms with E-state index in [4.69, 9.17) is 4.98 Å². The minimum absolute atomic E-state index is 0.0599. The molecule has 0 aliphatic carbocycles. The van der Waals surface area contributed by atoms with E-state index in [-0.39, 0.29) is 10.8 Å². The molecule has 5 heteroatoms.